The summed E-state index contributed by atoms with van der Waals surface area (Å²) >= 11 is 5.48. The van der Waals surface area contributed by atoms with Crippen LogP contribution in [0.1, 0.15) is 14.5 Å². The van der Waals surface area contributed by atoms with Gasteiger partial charge in [0.2, 0.25) is 0 Å². The molecule has 0 unspecified atom stereocenters. The van der Waals surface area contributed by atoms with Crippen molar-refractivity contribution in [2.75, 3.05) is 0 Å². The molecule has 0 atom stereocenters. The van der Waals surface area contributed by atoms with Crippen molar-refractivity contribution in [3.63, 3.8) is 0 Å². The minimum atomic E-state index is -0.284. The first-order valence-corrected chi connectivity index (χ1v) is 4.22. The van der Waals surface area contributed by atoms with E-state index in [4.69, 9.17) is 5.84 Å². The third-order valence-electron chi connectivity index (χ3n) is 1.17. The number of aryl methyl sites for hydroxylation is 1. The number of hydrogen-bond acceptors (Lipinski definition) is 4. The largest absolute Gasteiger partial charge is 0.289 e. The van der Waals surface area contributed by atoms with E-state index < -0.39 is 0 Å². The number of amides is 1. The van der Waals surface area contributed by atoms with Crippen LogP contribution in [0.3, 0.4) is 0 Å². The van der Waals surface area contributed by atoms with Crippen LogP contribution >= 0.6 is 24.0 Å². The van der Waals surface area contributed by atoms with Crippen molar-refractivity contribution in [2.45, 2.75) is 11.8 Å². The van der Waals surface area contributed by atoms with Crippen molar-refractivity contribution in [2.24, 2.45) is 5.84 Å². The van der Waals surface area contributed by atoms with Crippen molar-refractivity contribution in [3.8, 4) is 0 Å². The molecular formula is C6H8N2OS2. The number of carbonyl (C=O) groups is 1. The van der Waals surface area contributed by atoms with Crippen molar-refractivity contribution >= 4 is 29.9 Å². The van der Waals surface area contributed by atoms with E-state index >= 15 is 0 Å². The van der Waals surface area contributed by atoms with Gasteiger partial charge in [0.05, 0.1) is 0 Å². The van der Waals surface area contributed by atoms with Gasteiger partial charge in [0.15, 0.2) is 0 Å². The molecule has 1 rings (SSSR count). The highest BCUT2D eigenvalue weighted by atomic mass is 32.1. The summed E-state index contributed by atoms with van der Waals surface area (Å²) in [5.41, 5.74) is 2.06. The molecule has 11 heavy (non-hydrogen) atoms. The normalized spacial score (nSPS) is 9.73. The molecule has 0 spiro atoms. The number of thiol groups is 1. The molecule has 0 fully saturated rings. The maximum absolute atomic E-state index is 11.0. The standard InChI is InChI=1S/C6H8N2OS2/c1-3-2-4(10)5(11-3)6(9)8-7/h2,10H,7H2,1H3,(H,8,9). The number of nitrogens with one attached hydrogen (secondary N) is 1. The summed E-state index contributed by atoms with van der Waals surface area (Å²) in [5, 5.41) is 0. The number of nitrogens with two attached hydrogens (primary N) is 1. The molecule has 0 saturated heterocycles. The number of thiophene rings is 1. The topological polar surface area (TPSA) is 55.1 Å². The van der Waals surface area contributed by atoms with Crippen LogP contribution in [0.15, 0.2) is 11.0 Å². The average Bonchev–Trinajstić information content (AvgIpc) is 2.28. The molecule has 1 heterocycles. The molecule has 0 saturated carbocycles. The number of nitrogen functional groups attached to an aromatic ring is 1. The van der Waals surface area contributed by atoms with Gasteiger partial charge in [-0.2, -0.15) is 0 Å². The van der Waals surface area contributed by atoms with Crippen LogP contribution in [-0.4, -0.2) is 5.91 Å². The maximum atomic E-state index is 11.0. The predicted molar refractivity (Wildman–Crippen MR) is 48.0 cm³/mol. The number of rotatable bonds is 1. The van der Waals surface area contributed by atoms with Gasteiger partial charge in [-0.15, -0.1) is 24.0 Å². The van der Waals surface area contributed by atoms with Gasteiger partial charge < -0.3 is 0 Å². The summed E-state index contributed by atoms with van der Waals surface area (Å²) in [6.45, 7) is 1.91. The van der Waals surface area contributed by atoms with Crippen LogP contribution in [0, 0.1) is 6.92 Å². The highest BCUT2D eigenvalue weighted by molar-refractivity contribution is 7.80. The lowest BCUT2D eigenvalue weighted by Crippen LogP contribution is -2.29. The highest BCUT2D eigenvalue weighted by Crippen LogP contribution is 2.24. The highest BCUT2D eigenvalue weighted by Gasteiger charge is 2.10. The summed E-state index contributed by atoms with van der Waals surface area (Å²) in [6.07, 6.45) is 0. The van der Waals surface area contributed by atoms with Gasteiger partial charge >= 0.3 is 0 Å². The Hall–Kier alpha value is -0.520. The lowest BCUT2D eigenvalue weighted by Gasteiger charge is -1.94. The van der Waals surface area contributed by atoms with E-state index in [0.29, 0.717) is 9.77 Å². The lowest BCUT2D eigenvalue weighted by molar-refractivity contribution is 0.0955. The third kappa shape index (κ3) is 1.74. The molecule has 0 aliphatic rings. The van der Waals surface area contributed by atoms with Crippen LogP contribution in [0.2, 0.25) is 0 Å². The zero-order valence-electron chi connectivity index (χ0n) is 5.92. The molecule has 0 aliphatic carbocycles. The van der Waals surface area contributed by atoms with Gasteiger partial charge in [-0.1, -0.05) is 0 Å². The Balaban J connectivity index is 3.03. The molecule has 3 N–H and O–H groups in total. The van der Waals surface area contributed by atoms with Gasteiger partial charge in [-0.05, 0) is 13.0 Å². The predicted octanol–water partition coefficient (Wildman–Crippen LogP) is 0.949. The number of hydrogen-bond donors (Lipinski definition) is 3. The molecule has 60 valence electrons. The molecule has 1 amide bonds. The van der Waals surface area contributed by atoms with E-state index in [2.05, 4.69) is 18.1 Å². The fourth-order valence-corrected chi connectivity index (χ4v) is 2.06. The van der Waals surface area contributed by atoms with Crippen molar-refractivity contribution < 1.29 is 4.79 Å². The summed E-state index contributed by atoms with van der Waals surface area (Å²) in [4.78, 5) is 13.3. The first-order chi connectivity index (χ1) is 5.15. The summed E-state index contributed by atoms with van der Waals surface area (Å²) < 4.78 is 0. The molecule has 1 aromatic heterocycles. The van der Waals surface area contributed by atoms with Gasteiger partial charge in [-0.3, -0.25) is 10.2 Å². The SMILES string of the molecule is Cc1cc(S)c(C(=O)NN)s1. The number of carbonyl (C=O) groups excluding carboxylic acids is 1. The molecule has 5 heteroatoms. The minimum absolute atomic E-state index is 0.284. The Morgan fingerprint density at radius 2 is 2.45 bits per heavy atom. The fraction of sp³-hybridized carbons (Fsp3) is 0.167. The van der Waals surface area contributed by atoms with E-state index in [9.17, 15) is 4.79 Å². The van der Waals surface area contributed by atoms with Crippen LogP contribution in [0.4, 0.5) is 0 Å². The van der Waals surface area contributed by atoms with Crippen molar-refractivity contribution in [1.82, 2.24) is 5.43 Å². The monoisotopic (exact) mass is 188 g/mol. The van der Waals surface area contributed by atoms with Gasteiger partial charge in [0.25, 0.3) is 5.91 Å². The summed E-state index contributed by atoms with van der Waals surface area (Å²) in [7, 11) is 0. The van der Waals surface area contributed by atoms with Crippen molar-refractivity contribution in [1.29, 1.82) is 0 Å². The Morgan fingerprint density at radius 3 is 2.82 bits per heavy atom. The zero-order valence-corrected chi connectivity index (χ0v) is 7.63. The Labute approximate surface area is 74.0 Å². The van der Waals surface area contributed by atoms with Gasteiger partial charge in [0.1, 0.15) is 4.88 Å². The van der Waals surface area contributed by atoms with Crippen LogP contribution in [-0.2, 0) is 0 Å². The minimum Gasteiger partial charge on any atom is -0.289 e. The van der Waals surface area contributed by atoms with E-state index in [1.165, 1.54) is 11.3 Å². The average molecular weight is 188 g/mol. The zero-order chi connectivity index (χ0) is 8.43. The lowest BCUT2D eigenvalue weighted by atomic mass is 10.4. The van der Waals surface area contributed by atoms with E-state index in [1.807, 2.05) is 13.0 Å². The second kappa shape index (κ2) is 3.25. The second-order valence-corrected chi connectivity index (χ2v) is 3.78. The molecule has 0 radical (unpaired) electrons. The summed E-state index contributed by atoms with van der Waals surface area (Å²) in [6, 6.07) is 1.83. The molecule has 0 aromatic carbocycles. The Morgan fingerprint density at radius 1 is 1.82 bits per heavy atom. The van der Waals surface area contributed by atoms with Gasteiger partial charge in [0, 0.05) is 9.77 Å². The van der Waals surface area contributed by atoms with Crippen LogP contribution in [0.25, 0.3) is 0 Å². The first kappa shape index (κ1) is 8.58. The molecule has 1 aromatic rings. The molecule has 0 aliphatic heterocycles. The van der Waals surface area contributed by atoms with Crippen molar-refractivity contribution in [3.05, 3.63) is 15.8 Å². The van der Waals surface area contributed by atoms with E-state index in [1.54, 1.807) is 0 Å². The second-order valence-electron chi connectivity index (χ2n) is 2.04. The smallest absolute Gasteiger partial charge is 0.276 e. The van der Waals surface area contributed by atoms with E-state index in [0.717, 1.165) is 4.88 Å². The first-order valence-electron chi connectivity index (χ1n) is 2.95. The molecule has 0 bridgehead atoms. The van der Waals surface area contributed by atoms with Gasteiger partial charge in [-0.25, -0.2) is 5.84 Å². The fourth-order valence-electron chi connectivity index (χ4n) is 0.729. The van der Waals surface area contributed by atoms with E-state index in [-0.39, 0.29) is 5.91 Å². The molecule has 3 nitrogen and oxygen atoms in total. The quantitative estimate of drug-likeness (QED) is 0.266. The maximum Gasteiger partial charge on any atom is 0.276 e. The van der Waals surface area contributed by atoms with Crippen LogP contribution in [0.5, 0.6) is 0 Å². The van der Waals surface area contributed by atoms with Crippen LogP contribution < -0.4 is 11.3 Å². The number of hydrazine groups is 1. The summed E-state index contributed by atoms with van der Waals surface area (Å²) in [5.74, 6) is 4.67. The third-order valence-corrected chi connectivity index (χ3v) is 2.73. The Bertz CT molecular complexity index is 282. The Kier molecular flexibility index (Phi) is 2.53. The molecular weight excluding hydrogens is 180 g/mol.